The predicted molar refractivity (Wildman–Crippen MR) is 214 cm³/mol. The van der Waals surface area contributed by atoms with E-state index in [1.807, 2.05) is 12.1 Å². The molecule has 0 N–H and O–H groups in total. The summed E-state index contributed by atoms with van der Waals surface area (Å²) in [6.45, 7) is 0. The number of hydrogen-bond acceptors (Lipinski definition) is 1. The predicted octanol–water partition coefficient (Wildman–Crippen LogP) is 12.4. The SMILES string of the molecule is [2H]c1c([2H])c([2H])c2c(c1[2H])N(c1ccc3c4cc(-c5ccccc5)ccc4n(-c4ccccc4)c3c1)c1cccc3c1C21c2ccccc2C3c2ccccc21. The van der Waals surface area contributed by atoms with E-state index in [2.05, 4.69) is 161 Å². The van der Waals surface area contributed by atoms with Crippen molar-refractivity contribution >= 4 is 38.9 Å². The average Bonchev–Trinajstić information content (AvgIpc) is 3.58. The van der Waals surface area contributed by atoms with Gasteiger partial charge in [-0.25, -0.2) is 0 Å². The van der Waals surface area contributed by atoms with Crippen molar-refractivity contribution in [1.82, 2.24) is 4.57 Å². The summed E-state index contributed by atoms with van der Waals surface area (Å²) in [7, 11) is 0. The van der Waals surface area contributed by atoms with Crippen molar-refractivity contribution in [3.63, 3.8) is 0 Å². The van der Waals surface area contributed by atoms with E-state index in [0.717, 1.165) is 66.7 Å². The lowest BCUT2D eigenvalue weighted by Gasteiger charge is -2.55. The molecule has 2 nitrogen and oxygen atoms in total. The van der Waals surface area contributed by atoms with Crippen molar-refractivity contribution in [3.05, 3.63) is 227 Å². The van der Waals surface area contributed by atoms with Crippen molar-refractivity contribution in [3.8, 4) is 16.8 Å². The van der Waals surface area contributed by atoms with E-state index >= 15 is 0 Å². The second kappa shape index (κ2) is 10.2. The number of anilines is 3. The Kier molecular flexibility index (Phi) is 4.81. The van der Waals surface area contributed by atoms with Crippen molar-refractivity contribution in [2.45, 2.75) is 11.3 Å². The second-order valence-corrected chi connectivity index (χ2v) is 14.1. The summed E-state index contributed by atoms with van der Waals surface area (Å²) < 4.78 is 40.0. The maximum absolute atomic E-state index is 9.78. The first-order valence-corrected chi connectivity index (χ1v) is 17.9. The highest BCUT2D eigenvalue weighted by Crippen LogP contribution is 2.67. The van der Waals surface area contributed by atoms with Gasteiger partial charge in [-0.2, -0.15) is 0 Å². The second-order valence-electron chi connectivity index (χ2n) is 14.1. The van der Waals surface area contributed by atoms with Gasteiger partial charge in [0.2, 0.25) is 0 Å². The molecule has 2 bridgehead atoms. The van der Waals surface area contributed by atoms with Crippen LogP contribution in [0.1, 0.15) is 50.3 Å². The average molecular weight is 665 g/mol. The number of hydrogen-bond donors (Lipinski definition) is 0. The van der Waals surface area contributed by atoms with Crippen LogP contribution in [0.5, 0.6) is 0 Å². The molecule has 242 valence electrons. The summed E-state index contributed by atoms with van der Waals surface area (Å²) >= 11 is 0. The Morgan fingerprint density at radius 3 is 1.94 bits per heavy atom. The van der Waals surface area contributed by atoms with Crippen LogP contribution in [0, 0.1) is 0 Å². The molecule has 13 rings (SSSR count). The normalized spacial score (nSPS) is 18.5. The number of para-hydroxylation sites is 2. The molecule has 3 aliphatic carbocycles. The van der Waals surface area contributed by atoms with E-state index in [-0.39, 0.29) is 30.1 Å². The van der Waals surface area contributed by atoms with Gasteiger partial charge in [-0.15, -0.1) is 0 Å². The molecule has 8 aromatic carbocycles. The summed E-state index contributed by atoms with van der Waals surface area (Å²) in [5, 5.41) is 2.24. The Labute approximate surface area is 308 Å². The zero-order chi connectivity index (χ0) is 37.4. The molecule has 0 atom stereocenters. The third-order valence-corrected chi connectivity index (χ3v) is 11.7. The van der Waals surface area contributed by atoms with Crippen molar-refractivity contribution < 1.29 is 5.48 Å². The largest absolute Gasteiger partial charge is 0.310 e. The van der Waals surface area contributed by atoms with Gasteiger partial charge < -0.3 is 9.47 Å². The lowest BCUT2D eigenvalue weighted by Crippen LogP contribution is -2.46. The molecule has 1 spiro atoms. The van der Waals surface area contributed by atoms with Gasteiger partial charge in [0.25, 0.3) is 0 Å². The fourth-order valence-electron chi connectivity index (χ4n) is 9.83. The Hall–Kier alpha value is -6.64. The Balaban J connectivity index is 1.20. The van der Waals surface area contributed by atoms with Gasteiger partial charge in [0, 0.05) is 28.1 Å². The molecule has 1 aromatic heterocycles. The lowest BCUT2D eigenvalue weighted by molar-refractivity contribution is 0.622. The smallest absolute Gasteiger partial charge is 0.0751 e. The van der Waals surface area contributed by atoms with Crippen LogP contribution in [0.4, 0.5) is 17.1 Å². The van der Waals surface area contributed by atoms with E-state index < -0.39 is 5.41 Å². The third kappa shape index (κ3) is 3.44. The molecule has 52 heavy (non-hydrogen) atoms. The Morgan fingerprint density at radius 2 is 1.15 bits per heavy atom. The fourth-order valence-corrected chi connectivity index (χ4v) is 9.83. The minimum Gasteiger partial charge on any atom is -0.310 e. The fraction of sp³-hybridized carbons (Fsp3) is 0.0400. The minimum absolute atomic E-state index is 0.0000956. The molecule has 9 aromatic rings. The topological polar surface area (TPSA) is 8.17 Å². The molecule has 0 fully saturated rings. The first-order valence-electron chi connectivity index (χ1n) is 19.9. The van der Waals surface area contributed by atoms with E-state index in [1.54, 1.807) is 0 Å². The maximum atomic E-state index is 9.78. The van der Waals surface area contributed by atoms with Crippen molar-refractivity contribution in [1.29, 1.82) is 0 Å². The molecule has 0 unspecified atom stereocenters. The van der Waals surface area contributed by atoms with E-state index in [0.29, 0.717) is 11.3 Å². The van der Waals surface area contributed by atoms with Gasteiger partial charge in [0.05, 0.1) is 33.3 Å². The van der Waals surface area contributed by atoms with Gasteiger partial charge in [-0.3, -0.25) is 0 Å². The van der Waals surface area contributed by atoms with Crippen LogP contribution in [-0.4, -0.2) is 4.57 Å². The van der Waals surface area contributed by atoms with Gasteiger partial charge >= 0.3 is 0 Å². The highest BCUT2D eigenvalue weighted by molar-refractivity contribution is 6.12. The highest BCUT2D eigenvalue weighted by atomic mass is 15.2. The van der Waals surface area contributed by atoms with Crippen molar-refractivity contribution in [2.75, 3.05) is 4.90 Å². The lowest BCUT2D eigenvalue weighted by atomic mass is 9.49. The number of rotatable bonds is 3. The van der Waals surface area contributed by atoms with Gasteiger partial charge in [-0.05, 0) is 98.6 Å². The summed E-state index contributed by atoms with van der Waals surface area (Å²) in [6, 6.07) is 57.1. The minimum atomic E-state index is -0.938. The van der Waals surface area contributed by atoms with Crippen LogP contribution in [0.2, 0.25) is 0 Å². The van der Waals surface area contributed by atoms with Crippen LogP contribution in [0.3, 0.4) is 0 Å². The van der Waals surface area contributed by atoms with E-state index in [4.69, 9.17) is 2.74 Å². The number of fused-ring (bicyclic) bond motifs is 4. The van der Waals surface area contributed by atoms with E-state index in [9.17, 15) is 2.74 Å². The molecule has 1 aliphatic heterocycles. The van der Waals surface area contributed by atoms with Gasteiger partial charge in [0.15, 0.2) is 0 Å². The molecule has 2 heterocycles. The van der Waals surface area contributed by atoms with Crippen LogP contribution in [-0.2, 0) is 5.41 Å². The molecule has 0 amide bonds. The maximum Gasteiger partial charge on any atom is 0.0751 e. The standard InChI is InChI=1S/C50H32N2/c1-3-14-32(15-4-1)33-26-29-44-40(30-33)36-28-27-35(31-47(36)51(44)34-16-5-2-6-17-34)52-45-24-12-11-23-43(45)50-41-21-9-7-18-37(41)48(38-19-8-10-22-42(38)50)39-20-13-25-46(52)49(39)50/h1-31,48H/i11D,12D,23D,24D. The van der Waals surface area contributed by atoms with Gasteiger partial charge in [-0.1, -0.05) is 139 Å². The molecule has 0 radical (unpaired) electrons. The number of nitrogens with zero attached hydrogens (tertiary/aromatic N) is 2. The van der Waals surface area contributed by atoms with Crippen LogP contribution >= 0.6 is 0 Å². The van der Waals surface area contributed by atoms with Gasteiger partial charge in [0.1, 0.15) is 0 Å². The number of benzene rings is 8. The summed E-state index contributed by atoms with van der Waals surface area (Å²) in [5.41, 5.74) is 14.2. The van der Waals surface area contributed by atoms with Crippen LogP contribution in [0.15, 0.2) is 188 Å². The molecule has 0 saturated heterocycles. The quantitative estimate of drug-likeness (QED) is 0.182. The molecule has 0 saturated carbocycles. The Bertz CT molecular complexity index is 3100. The molecular formula is C50H32N2. The monoisotopic (exact) mass is 664 g/mol. The van der Waals surface area contributed by atoms with Crippen LogP contribution < -0.4 is 4.90 Å². The van der Waals surface area contributed by atoms with E-state index in [1.165, 1.54) is 16.7 Å². The molecule has 4 aliphatic rings. The summed E-state index contributed by atoms with van der Waals surface area (Å²) in [4.78, 5) is 2.12. The zero-order valence-electron chi connectivity index (χ0n) is 32.1. The number of aromatic nitrogens is 1. The third-order valence-electron chi connectivity index (χ3n) is 11.7. The molecule has 2 heteroatoms. The Morgan fingerprint density at radius 1 is 0.462 bits per heavy atom. The summed E-state index contributed by atoms with van der Waals surface area (Å²) in [5.74, 6) is 0.0000956. The zero-order valence-corrected chi connectivity index (χ0v) is 28.1. The van der Waals surface area contributed by atoms with Crippen LogP contribution in [0.25, 0.3) is 38.6 Å². The highest BCUT2D eigenvalue weighted by Gasteiger charge is 2.57. The summed E-state index contributed by atoms with van der Waals surface area (Å²) in [6.07, 6.45) is 0. The first-order chi connectivity index (χ1) is 27.5. The van der Waals surface area contributed by atoms with Crippen molar-refractivity contribution in [2.24, 2.45) is 0 Å². The first kappa shape index (κ1) is 24.5. The molecular weight excluding hydrogens is 629 g/mol.